The molecular formula is C54H38OSSi-. The molecule has 0 N–H and O–H groups in total. The van der Waals surface area contributed by atoms with Crippen molar-refractivity contribution in [3.8, 4) is 55.6 Å². The molecule has 0 saturated heterocycles. The van der Waals surface area contributed by atoms with Crippen molar-refractivity contribution in [1.82, 2.24) is 0 Å². The molecule has 3 heteroatoms. The highest BCUT2D eigenvalue weighted by molar-refractivity contribution is 7.22. The summed E-state index contributed by atoms with van der Waals surface area (Å²) in [6.45, 7) is 4.53. The highest BCUT2D eigenvalue weighted by Gasteiger charge is 2.36. The average Bonchev–Trinajstić information content (AvgIpc) is 3.91. The molecule has 0 fully saturated rings. The zero-order chi connectivity index (χ0) is 38.1. The Balaban J connectivity index is 1.03. The molecule has 1 aliphatic rings. The molecular weight excluding hydrogens is 725 g/mol. The van der Waals surface area contributed by atoms with Crippen molar-refractivity contribution >= 4 is 62.1 Å². The van der Waals surface area contributed by atoms with Crippen LogP contribution in [-0.4, -0.2) is 8.07 Å². The van der Waals surface area contributed by atoms with Crippen molar-refractivity contribution in [2.45, 2.75) is 13.8 Å². The summed E-state index contributed by atoms with van der Waals surface area (Å²) in [5.41, 5.74) is 14.4. The van der Waals surface area contributed by atoms with E-state index in [1.807, 2.05) is 17.4 Å². The Hall–Kier alpha value is -6.52. The molecule has 0 radical (unpaired) electrons. The third-order valence-electron chi connectivity index (χ3n) is 12.1. The van der Waals surface area contributed by atoms with Gasteiger partial charge in [-0.15, -0.1) is 11.3 Å². The number of fused-ring (bicyclic) bond motifs is 6. The van der Waals surface area contributed by atoms with Crippen LogP contribution >= 0.6 is 11.3 Å². The Morgan fingerprint density at radius 1 is 0.386 bits per heavy atom. The first-order valence-corrected chi connectivity index (χ1v) is 22.5. The van der Waals surface area contributed by atoms with Crippen molar-refractivity contribution in [1.29, 1.82) is 0 Å². The molecule has 1 aliphatic heterocycles. The van der Waals surface area contributed by atoms with Crippen LogP contribution in [0.5, 0.6) is 0 Å². The van der Waals surface area contributed by atoms with Gasteiger partial charge < -0.3 is 4.42 Å². The molecule has 3 heterocycles. The first kappa shape index (κ1) is 33.8. The van der Waals surface area contributed by atoms with Crippen molar-refractivity contribution in [3.05, 3.63) is 204 Å². The molecule has 11 rings (SSSR count). The van der Waals surface area contributed by atoms with Crippen LogP contribution < -0.4 is 20.7 Å². The van der Waals surface area contributed by atoms with E-state index in [4.69, 9.17) is 4.42 Å². The number of benzene rings is 8. The molecule has 0 spiro atoms. The molecule has 0 saturated carbocycles. The fourth-order valence-electron chi connectivity index (χ4n) is 9.68. The van der Waals surface area contributed by atoms with Gasteiger partial charge in [0.2, 0.25) is 0 Å². The Kier molecular flexibility index (Phi) is 7.89. The van der Waals surface area contributed by atoms with Crippen LogP contribution in [0.15, 0.2) is 199 Å². The van der Waals surface area contributed by atoms with Crippen LogP contribution in [-0.2, 0) is 0 Å². The minimum Gasteiger partial charge on any atom is -0.455 e. The van der Waals surface area contributed by atoms with E-state index in [-0.39, 0.29) is 0 Å². The van der Waals surface area contributed by atoms with E-state index in [9.17, 15) is 0 Å². The lowest BCUT2D eigenvalue weighted by atomic mass is 9.91. The predicted octanol–water partition coefficient (Wildman–Crippen LogP) is 12.3. The summed E-state index contributed by atoms with van der Waals surface area (Å²) in [5, 5.41) is 8.08. The van der Waals surface area contributed by atoms with Gasteiger partial charge in [-0.1, -0.05) is 181 Å². The third-order valence-corrected chi connectivity index (χ3v) is 18.0. The van der Waals surface area contributed by atoms with Crippen molar-refractivity contribution in [2.24, 2.45) is 0 Å². The molecule has 1 nitrogen and oxygen atoms in total. The molecule has 57 heavy (non-hydrogen) atoms. The van der Waals surface area contributed by atoms with Crippen LogP contribution in [0, 0.1) is 13.8 Å². The van der Waals surface area contributed by atoms with E-state index >= 15 is 0 Å². The van der Waals surface area contributed by atoms with Crippen molar-refractivity contribution < 1.29 is 4.42 Å². The minimum absolute atomic E-state index is 0.920. The van der Waals surface area contributed by atoms with E-state index in [1.165, 1.54) is 75.0 Å². The number of furan rings is 1. The predicted molar refractivity (Wildman–Crippen MR) is 245 cm³/mol. The molecule has 10 aromatic rings. The standard InChI is InChI=1S/C54H38OSSi/c1-35-52(53(36(2)56-35)41-19-14-17-39(33-41)44-26-15-27-47-45-24-9-11-28-49(45)55-54(44)47)40-18-13-16-37(32-40)38-30-31-51-48(34-38)46-25-10-12-29-50(46)57(51,42-20-5-3-6-21-42)43-22-7-4-8-23-43/h3-34H,1-2H3/q-1. The quantitative estimate of drug-likeness (QED) is 0.154. The lowest BCUT2D eigenvalue weighted by Gasteiger charge is -2.44. The van der Waals surface area contributed by atoms with E-state index < -0.39 is 8.07 Å². The molecule has 0 unspecified atom stereocenters. The van der Waals surface area contributed by atoms with Gasteiger partial charge in [-0.05, 0) is 74.0 Å². The van der Waals surface area contributed by atoms with Gasteiger partial charge in [-0.3, -0.25) is 0 Å². The summed E-state index contributed by atoms with van der Waals surface area (Å²) in [4.78, 5) is 2.65. The number of thiophene rings is 1. The third kappa shape index (κ3) is 5.20. The second kappa shape index (κ2) is 13.3. The Morgan fingerprint density at radius 3 is 1.65 bits per heavy atom. The maximum atomic E-state index is 6.47. The van der Waals surface area contributed by atoms with Crippen LogP contribution in [0.1, 0.15) is 9.75 Å². The van der Waals surface area contributed by atoms with Gasteiger partial charge in [0.05, 0.1) is 0 Å². The van der Waals surface area contributed by atoms with Crippen molar-refractivity contribution in [2.75, 3.05) is 0 Å². The smallest absolute Gasteiger partial charge is 0.143 e. The maximum absolute atomic E-state index is 6.47. The van der Waals surface area contributed by atoms with Gasteiger partial charge in [0, 0.05) is 37.2 Å². The van der Waals surface area contributed by atoms with E-state index in [0.29, 0.717) is 0 Å². The Bertz CT molecular complexity index is 3110. The summed E-state index contributed by atoms with van der Waals surface area (Å²) < 4.78 is 6.47. The summed E-state index contributed by atoms with van der Waals surface area (Å²) in [5.74, 6) is 0. The lowest BCUT2D eigenvalue weighted by Crippen LogP contribution is -2.72. The molecule has 0 bridgehead atoms. The largest absolute Gasteiger partial charge is 0.455 e. The number of para-hydroxylation sites is 2. The fourth-order valence-corrected chi connectivity index (χ4v) is 15.9. The summed E-state index contributed by atoms with van der Waals surface area (Å²) in [7, 11) is -2.52. The van der Waals surface area contributed by atoms with Gasteiger partial charge in [-0.25, -0.2) is 0 Å². The molecule has 0 amide bonds. The monoisotopic (exact) mass is 762 g/mol. The zero-order valence-electron chi connectivity index (χ0n) is 31.8. The van der Waals surface area contributed by atoms with Gasteiger partial charge in [0.25, 0.3) is 0 Å². The average molecular weight is 763 g/mol. The SMILES string of the molecule is Cc1sc(C)c(-c2cccc(-c3cccc4c3oc3ccccc34)c2)c1-c1cccc(-c2ccc3c(c2)-c2ccccc2[Si-]3(c2ccccc2)c2ccccc2)c1. The van der Waals surface area contributed by atoms with Crippen LogP contribution in [0.2, 0.25) is 0 Å². The zero-order valence-corrected chi connectivity index (χ0v) is 33.6. The lowest BCUT2D eigenvalue weighted by molar-refractivity contribution is 0.670. The topological polar surface area (TPSA) is 13.1 Å². The number of hydrogen-bond acceptors (Lipinski definition) is 2. The van der Waals surface area contributed by atoms with Crippen molar-refractivity contribution in [3.63, 3.8) is 0 Å². The van der Waals surface area contributed by atoms with E-state index in [2.05, 4.69) is 202 Å². The molecule has 0 atom stereocenters. The summed E-state index contributed by atoms with van der Waals surface area (Å²) in [6, 6.07) is 71.9. The van der Waals surface area contributed by atoms with E-state index in [1.54, 1.807) is 0 Å². The van der Waals surface area contributed by atoms with Gasteiger partial charge in [0.15, 0.2) is 0 Å². The van der Waals surface area contributed by atoms with E-state index in [0.717, 1.165) is 33.1 Å². The van der Waals surface area contributed by atoms with Gasteiger partial charge >= 0.3 is 0 Å². The Labute approximate surface area is 338 Å². The summed E-state index contributed by atoms with van der Waals surface area (Å²) in [6.07, 6.45) is 0. The summed E-state index contributed by atoms with van der Waals surface area (Å²) >= 11 is 1.88. The number of aryl methyl sites for hydroxylation is 2. The molecule has 271 valence electrons. The van der Waals surface area contributed by atoms with Crippen LogP contribution in [0.4, 0.5) is 0 Å². The molecule has 0 aliphatic carbocycles. The normalized spacial score (nSPS) is 12.9. The molecule has 8 aromatic carbocycles. The highest BCUT2D eigenvalue weighted by atomic mass is 32.1. The van der Waals surface area contributed by atoms with Crippen LogP contribution in [0.3, 0.4) is 0 Å². The first-order chi connectivity index (χ1) is 28.1. The van der Waals surface area contributed by atoms with Gasteiger partial charge in [0.1, 0.15) is 11.2 Å². The Morgan fingerprint density at radius 2 is 0.912 bits per heavy atom. The minimum atomic E-state index is -2.52. The second-order valence-electron chi connectivity index (χ2n) is 15.2. The maximum Gasteiger partial charge on any atom is 0.143 e. The van der Waals surface area contributed by atoms with Crippen LogP contribution in [0.25, 0.3) is 77.6 Å². The highest BCUT2D eigenvalue weighted by Crippen LogP contribution is 2.45. The fraction of sp³-hybridized carbons (Fsp3) is 0.0370. The number of hydrogen-bond donors (Lipinski definition) is 0. The number of rotatable bonds is 6. The first-order valence-electron chi connectivity index (χ1n) is 19.7. The second-order valence-corrected chi connectivity index (χ2v) is 20.4. The molecule has 2 aromatic heterocycles. The van der Waals surface area contributed by atoms with Gasteiger partial charge in [-0.2, -0.15) is 20.7 Å².